The first kappa shape index (κ1) is 17.9. The minimum Gasteiger partial charge on any atom is -0.481 e. The van der Waals surface area contributed by atoms with Gasteiger partial charge in [-0.15, -0.1) is 0 Å². The molecule has 0 fully saturated rings. The Labute approximate surface area is 150 Å². The highest BCUT2D eigenvalue weighted by Gasteiger charge is 2.24. The fourth-order valence-corrected chi connectivity index (χ4v) is 2.84. The van der Waals surface area contributed by atoms with Gasteiger partial charge in [0, 0.05) is 25.0 Å². The maximum Gasteiger partial charge on any atom is 0.262 e. The molecule has 0 unspecified atom stereocenters. The van der Waals surface area contributed by atoms with Crippen molar-refractivity contribution in [3.8, 4) is 5.75 Å². The number of benzene rings is 2. The van der Waals surface area contributed by atoms with Crippen molar-refractivity contribution < 1.29 is 23.5 Å². The van der Waals surface area contributed by atoms with E-state index in [9.17, 15) is 14.0 Å². The molecular weight excluding hydrogens is 339 g/mol. The van der Waals surface area contributed by atoms with Crippen molar-refractivity contribution in [2.24, 2.45) is 0 Å². The van der Waals surface area contributed by atoms with Gasteiger partial charge in [0.2, 0.25) is 0 Å². The standard InChI is InChI=1S/C19H19FN2O4/c1-25-12-19(24)22-9-8-13-10-14(6-7-16(13)22)21-18(23)11-26-17-5-3-2-4-15(17)20/h2-7,10H,8-9,11-12H2,1H3,(H,21,23). The van der Waals surface area contributed by atoms with Gasteiger partial charge in [0.25, 0.3) is 11.8 Å². The van der Waals surface area contributed by atoms with Crippen LogP contribution < -0.4 is 15.0 Å². The van der Waals surface area contributed by atoms with Crippen molar-refractivity contribution in [1.29, 1.82) is 0 Å². The van der Waals surface area contributed by atoms with E-state index >= 15 is 0 Å². The van der Waals surface area contributed by atoms with Gasteiger partial charge in [0.15, 0.2) is 18.2 Å². The Kier molecular flexibility index (Phi) is 5.48. The first-order valence-corrected chi connectivity index (χ1v) is 8.18. The van der Waals surface area contributed by atoms with Crippen LogP contribution in [0.2, 0.25) is 0 Å². The Balaban J connectivity index is 1.60. The van der Waals surface area contributed by atoms with Gasteiger partial charge in [-0.3, -0.25) is 9.59 Å². The molecule has 0 aliphatic carbocycles. The molecule has 0 atom stereocenters. The molecule has 0 spiro atoms. The van der Waals surface area contributed by atoms with Gasteiger partial charge in [0.05, 0.1) is 0 Å². The number of carbonyl (C=O) groups is 2. The molecule has 1 N–H and O–H groups in total. The molecule has 1 aliphatic heterocycles. The summed E-state index contributed by atoms with van der Waals surface area (Å²) >= 11 is 0. The molecule has 1 heterocycles. The van der Waals surface area contributed by atoms with Gasteiger partial charge in [-0.2, -0.15) is 0 Å². The van der Waals surface area contributed by atoms with E-state index in [1.807, 2.05) is 6.07 Å². The van der Waals surface area contributed by atoms with Crippen LogP contribution in [0, 0.1) is 5.82 Å². The van der Waals surface area contributed by atoms with Crippen molar-refractivity contribution in [3.63, 3.8) is 0 Å². The summed E-state index contributed by atoms with van der Waals surface area (Å²) in [6, 6.07) is 11.3. The lowest BCUT2D eigenvalue weighted by Crippen LogP contribution is -2.31. The van der Waals surface area contributed by atoms with Crippen molar-refractivity contribution in [1.82, 2.24) is 0 Å². The lowest BCUT2D eigenvalue weighted by atomic mass is 10.1. The second kappa shape index (κ2) is 7.97. The predicted octanol–water partition coefficient (Wildman–Crippen LogP) is 2.38. The van der Waals surface area contributed by atoms with Crippen LogP contribution in [0.4, 0.5) is 15.8 Å². The van der Waals surface area contributed by atoms with E-state index in [1.165, 1.54) is 19.2 Å². The van der Waals surface area contributed by atoms with Gasteiger partial charge >= 0.3 is 0 Å². The second-order valence-corrected chi connectivity index (χ2v) is 5.84. The number of nitrogens with one attached hydrogen (secondary N) is 1. The largest absolute Gasteiger partial charge is 0.481 e. The number of nitrogens with zero attached hydrogens (tertiary/aromatic N) is 1. The summed E-state index contributed by atoms with van der Waals surface area (Å²) in [7, 11) is 1.48. The predicted molar refractivity (Wildman–Crippen MR) is 94.9 cm³/mol. The molecule has 0 radical (unpaired) electrons. The summed E-state index contributed by atoms with van der Waals surface area (Å²) in [5.74, 6) is -0.970. The van der Waals surface area contributed by atoms with Crippen LogP contribution >= 0.6 is 0 Å². The minimum absolute atomic E-state index is 0.0314. The average Bonchev–Trinajstić information content (AvgIpc) is 3.04. The molecule has 0 saturated heterocycles. The van der Waals surface area contributed by atoms with Crippen LogP contribution in [-0.2, 0) is 20.7 Å². The van der Waals surface area contributed by atoms with Crippen LogP contribution in [0.15, 0.2) is 42.5 Å². The number of methoxy groups -OCH3 is 1. The van der Waals surface area contributed by atoms with Crippen LogP contribution in [-0.4, -0.2) is 38.7 Å². The van der Waals surface area contributed by atoms with Crippen LogP contribution in [0.5, 0.6) is 5.75 Å². The third-order valence-corrected chi connectivity index (χ3v) is 4.02. The first-order chi connectivity index (χ1) is 12.6. The third kappa shape index (κ3) is 4.00. The van der Waals surface area contributed by atoms with E-state index in [2.05, 4.69) is 5.32 Å². The van der Waals surface area contributed by atoms with Crippen molar-refractivity contribution in [3.05, 3.63) is 53.8 Å². The number of amides is 2. The van der Waals surface area contributed by atoms with Crippen LogP contribution in [0.1, 0.15) is 5.56 Å². The molecule has 2 amide bonds. The Morgan fingerprint density at radius 2 is 2.00 bits per heavy atom. The van der Waals surface area contributed by atoms with Crippen molar-refractivity contribution in [2.75, 3.05) is 37.1 Å². The zero-order valence-corrected chi connectivity index (χ0v) is 14.3. The Morgan fingerprint density at radius 3 is 2.77 bits per heavy atom. The third-order valence-electron chi connectivity index (χ3n) is 4.02. The molecule has 6 nitrogen and oxygen atoms in total. The molecule has 0 aromatic heterocycles. The maximum atomic E-state index is 13.5. The zero-order valence-electron chi connectivity index (χ0n) is 14.3. The molecule has 1 aliphatic rings. The first-order valence-electron chi connectivity index (χ1n) is 8.18. The van der Waals surface area contributed by atoms with E-state index in [0.29, 0.717) is 18.7 Å². The maximum absolute atomic E-state index is 13.5. The quantitative estimate of drug-likeness (QED) is 0.861. The number of hydrogen-bond acceptors (Lipinski definition) is 4. The number of anilines is 2. The summed E-state index contributed by atoms with van der Waals surface area (Å²) in [6.07, 6.45) is 0.709. The van der Waals surface area contributed by atoms with E-state index in [1.54, 1.807) is 29.2 Å². The molecule has 7 heteroatoms. The van der Waals surface area contributed by atoms with Gasteiger partial charge in [-0.05, 0) is 42.3 Å². The fourth-order valence-electron chi connectivity index (χ4n) is 2.84. The van der Waals surface area contributed by atoms with Gasteiger partial charge in [0.1, 0.15) is 6.61 Å². The van der Waals surface area contributed by atoms with E-state index in [-0.39, 0.29) is 24.9 Å². The molecule has 136 valence electrons. The Bertz CT molecular complexity index is 825. The average molecular weight is 358 g/mol. The second-order valence-electron chi connectivity index (χ2n) is 5.84. The summed E-state index contributed by atoms with van der Waals surface area (Å²) in [5, 5.41) is 2.72. The molecule has 2 aromatic carbocycles. The lowest BCUT2D eigenvalue weighted by Gasteiger charge is -2.17. The number of para-hydroxylation sites is 1. The number of hydrogen-bond donors (Lipinski definition) is 1. The fraction of sp³-hybridized carbons (Fsp3) is 0.263. The van der Waals surface area contributed by atoms with Crippen molar-refractivity contribution in [2.45, 2.75) is 6.42 Å². The van der Waals surface area contributed by atoms with E-state index in [4.69, 9.17) is 9.47 Å². The molecular formula is C19H19FN2O4. The molecule has 3 rings (SSSR count). The van der Waals surface area contributed by atoms with Gasteiger partial charge in [-0.25, -0.2) is 4.39 Å². The highest BCUT2D eigenvalue weighted by atomic mass is 19.1. The lowest BCUT2D eigenvalue weighted by molar-refractivity contribution is -0.122. The Morgan fingerprint density at radius 1 is 1.19 bits per heavy atom. The highest BCUT2D eigenvalue weighted by Crippen LogP contribution is 2.30. The number of halogens is 1. The summed E-state index contributed by atoms with van der Waals surface area (Å²) in [4.78, 5) is 25.7. The van der Waals surface area contributed by atoms with Crippen LogP contribution in [0.3, 0.4) is 0 Å². The summed E-state index contributed by atoms with van der Waals surface area (Å²) in [5.41, 5.74) is 2.40. The molecule has 26 heavy (non-hydrogen) atoms. The van der Waals surface area contributed by atoms with Crippen LogP contribution in [0.25, 0.3) is 0 Å². The Hall–Kier alpha value is -2.93. The summed E-state index contributed by atoms with van der Waals surface area (Å²) < 4.78 is 23.6. The highest BCUT2D eigenvalue weighted by molar-refractivity contribution is 5.97. The zero-order chi connectivity index (χ0) is 18.5. The topological polar surface area (TPSA) is 67.9 Å². The monoisotopic (exact) mass is 358 g/mol. The molecule has 0 bridgehead atoms. The number of rotatable bonds is 6. The van der Waals surface area contributed by atoms with Gasteiger partial charge < -0.3 is 19.7 Å². The minimum atomic E-state index is -0.515. The van der Waals surface area contributed by atoms with Crippen molar-refractivity contribution >= 4 is 23.2 Å². The SMILES string of the molecule is COCC(=O)N1CCc2cc(NC(=O)COc3ccccc3F)ccc21. The normalized spacial score (nSPS) is 12.6. The molecule has 2 aromatic rings. The number of fused-ring (bicyclic) bond motifs is 1. The van der Waals surface area contributed by atoms with Gasteiger partial charge in [-0.1, -0.05) is 12.1 Å². The summed E-state index contributed by atoms with van der Waals surface area (Å²) in [6.45, 7) is 0.326. The smallest absolute Gasteiger partial charge is 0.262 e. The molecule has 0 saturated carbocycles. The van der Waals surface area contributed by atoms with E-state index in [0.717, 1.165) is 11.3 Å². The number of carbonyl (C=O) groups excluding carboxylic acids is 2. The van der Waals surface area contributed by atoms with E-state index < -0.39 is 11.7 Å². The number of ether oxygens (including phenoxy) is 2.